The first-order valence-corrected chi connectivity index (χ1v) is 9.90. The lowest BCUT2D eigenvalue weighted by molar-refractivity contribution is 0.0955. The number of carbonyl (C=O) groups excluding carboxylic acids is 1. The van der Waals surface area contributed by atoms with Crippen LogP contribution >= 0.6 is 23.2 Å². The molecule has 0 saturated heterocycles. The van der Waals surface area contributed by atoms with E-state index in [0.29, 0.717) is 28.0 Å². The zero-order chi connectivity index (χ0) is 20.6. The SMILES string of the molecule is CCc1ccc(/C=N/NC(=O)c2ccc(OCc3ccc(Cl)cc3Cl)cc2)cc1. The van der Waals surface area contributed by atoms with Crippen molar-refractivity contribution in [2.24, 2.45) is 5.10 Å². The highest BCUT2D eigenvalue weighted by Gasteiger charge is 2.06. The van der Waals surface area contributed by atoms with E-state index < -0.39 is 0 Å². The van der Waals surface area contributed by atoms with E-state index in [1.54, 1.807) is 42.6 Å². The summed E-state index contributed by atoms with van der Waals surface area (Å²) in [6.45, 7) is 2.41. The zero-order valence-corrected chi connectivity index (χ0v) is 17.4. The summed E-state index contributed by atoms with van der Waals surface area (Å²) in [6.07, 6.45) is 2.60. The molecule has 4 nitrogen and oxygen atoms in total. The van der Waals surface area contributed by atoms with Crippen LogP contribution in [0.15, 0.2) is 71.8 Å². The van der Waals surface area contributed by atoms with Gasteiger partial charge in [0.15, 0.2) is 0 Å². The average molecular weight is 427 g/mol. The van der Waals surface area contributed by atoms with Gasteiger partial charge >= 0.3 is 0 Å². The molecule has 0 fully saturated rings. The molecule has 6 heteroatoms. The number of hydrogen-bond donors (Lipinski definition) is 1. The standard InChI is InChI=1S/C23H20Cl2N2O2/c1-2-16-3-5-17(6-4-16)14-26-27-23(28)18-8-11-21(12-9-18)29-15-19-7-10-20(24)13-22(19)25/h3-14H,2,15H2,1H3,(H,27,28)/b26-14+. The number of nitrogens with zero attached hydrogens (tertiary/aromatic N) is 1. The number of amides is 1. The Balaban J connectivity index is 1.53. The van der Waals surface area contributed by atoms with Crippen LogP contribution in [0.5, 0.6) is 5.75 Å². The Morgan fingerprint density at radius 1 is 1.03 bits per heavy atom. The quantitative estimate of drug-likeness (QED) is 0.377. The number of carbonyl (C=O) groups is 1. The number of hydrazone groups is 1. The molecule has 0 atom stereocenters. The van der Waals surface area contributed by atoms with Gasteiger partial charge in [-0.1, -0.05) is 60.5 Å². The Labute approximate surface area is 180 Å². The first-order valence-electron chi connectivity index (χ1n) is 9.14. The molecule has 0 spiro atoms. The number of benzene rings is 3. The molecule has 3 rings (SSSR count). The van der Waals surface area contributed by atoms with Crippen LogP contribution in [0.2, 0.25) is 10.0 Å². The van der Waals surface area contributed by atoms with Gasteiger partial charge in [-0.2, -0.15) is 5.10 Å². The highest BCUT2D eigenvalue weighted by molar-refractivity contribution is 6.35. The van der Waals surface area contributed by atoms with Gasteiger partial charge in [-0.3, -0.25) is 4.79 Å². The number of nitrogens with one attached hydrogen (secondary N) is 1. The molecule has 148 valence electrons. The maximum Gasteiger partial charge on any atom is 0.271 e. The lowest BCUT2D eigenvalue weighted by Crippen LogP contribution is -2.17. The summed E-state index contributed by atoms with van der Waals surface area (Å²) in [6, 6.07) is 20.1. The van der Waals surface area contributed by atoms with Crippen molar-refractivity contribution in [3.63, 3.8) is 0 Å². The maximum atomic E-state index is 12.2. The molecule has 0 radical (unpaired) electrons. The van der Waals surface area contributed by atoms with E-state index in [2.05, 4.69) is 17.5 Å². The van der Waals surface area contributed by atoms with Crippen LogP contribution in [0.4, 0.5) is 0 Å². The predicted molar refractivity (Wildman–Crippen MR) is 118 cm³/mol. The van der Waals surface area contributed by atoms with Gasteiger partial charge in [0.05, 0.1) is 6.21 Å². The van der Waals surface area contributed by atoms with Gasteiger partial charge < -0.3 is 4.74 Å². The Hall–Kier alpha value is -2.82. The van der Waals surface area contributed by atoms with Gasteiger partial charge in [0.25, 0.3) is 5.91 Å². The second-order valence-corrected chi connectivity index (χ2v) is 7.19. The van der Waals surface area contributed by atoms with Gasteiger partial charge in [-0.15, -0.1) is 0 Å². The average Bonchev–Trinajstić information content (AvgIpc) is 2.74. The molecular formula is C23H20Cl2N2O2. The summed E-state index contributed by atoms with van der Waals surface area (Å²) in [5, 5.41) is 5.14. The molecule has 3 aromatic carbocycles. The van der Waals surface area contributed by atoms with Crippen LogP contribution in [-0.2, 0) is 13.0 Å². The Morgan fingerprint density at radius 3 is 2.41 bits per heavy atom. The maximum absolute atomic E-state index is 12.2. The minimum atomic E-state index is -0.293. The molecule has 29 heavy (non-hydrogen) atoms. The number of rotatable bonds is 7. The third kappa shape index (κ3) is 6.08. The molecule has 0 saturated carbocycles. The summed E-state index contributed by atoms with van der Waals surface area (Å²) in [5.41, 5.74) is 6.02. The van der Waals surface area contributed by atoms with Crippen molar-refractivity contribution < 1.29 is 9.53 Å². The second kappa shape index (κ2) is 10.1. The van der Waals surface area contributed by atoms with Crippen LogP contribution in [0.3, 0.4) is 0 Å². The minimum Gasteiger partial charge on any atom is -0.489 e. The predicted octanol–water partition coefficient (Wildman–Crippen LogP) is 5.90. The van der Waals surface area contributed by atoms with E-state index in [-0.39, 0.29) is 5.91 Å². The largest absolute Gasteiger partial charge is 0.489 e. The summed E-state index contributed by atoms with van der Waals surface area (Å²) >= 11 is 12.0. The monoisotopic (exact) mass is 426 g/mol. The van der Waals surface area contributed by atoms with E-state index in [1.807, 2.05) is 30.3 Å². The van der Waals surface area contributed by atoms with Gasteiger partial charge in [0.1, 0.15) is 12.4 Å². The van der Waals surface area contributed by atoms with Gasteiger partial charge in [-0.05, 0) is 53.9 Å². The fourth-order valence-electron chi connectivity index (χ4n) is 2.57. The van der Waals surface area contributed by atoms with E-state index >= 15 is 0 Å². The highest BCUT2D eigenvalue weighted by atomic mass is 35.5. The van der Waals surface area contributed by atoms with Crippen molar-refractivity contribution in [3.05, 3.63) is 99.0 Å². The van der Waals surface area contributed by atoms with Crippen LogP contribution in [-0.4, -0.2) is 12.1 Å². The highest BCUT2D eigenvalue weighted by Crippen LogP contribution is 2.23. The Bertz CT molecular complexity index is 1000. The molecule has 0 aromatic heterocycles. The Kier molecular flexibility index (Phi) is 7.28. The molecule has 0 aliphatic heterocycles. The van der Waals surface area contributed by atoms with E-state index in [1.165, 1.54) is 5.56 Å². The van der Waals surface area contributed by atoms with Crippen molar-refractivity contribution in [1.82, 2.24) is 5.43 Å². The van der Waals surface area contributed by atoms with Crippen molar-refractivity contribution in [3.8, 4) is 5.75 Å². The molecule has 0 aliphatic rings. The van der Waals surface area contributed by atoms with Crippen LogP contribution in [0.1, 0.15) is 34.0 Å². The topological polar surface area (TPSA) is 50.7 Å². The number of halogens is 2. The van der Waals surface area contributed by atoms with Crippen molar-refractivity contribution in [1.29, 1.82) is 0 Å². The van der Waals surface area contributed by atoms with Crippen LogP contribution in [0.25, 0.3) is 0 Å². The van der Waals surface area contributed by atoms with Gasteiger partial charge in [0.2, 0.25) is 0 Å². The molecule has 1 amide bonds. The van der Waals surface area contributed by atoms with Crippen molar-refractivity contribution in [2.75, 3.05) is 0 Å². The number of ether oxygens (including phenoxy) is 1. The third-order valence-electron chi connectivity index (χ3n) is 4.29. The zero-order valence-electron chi connectivity index (χ0n) is 15.9. The van der Waals surface area contributed by atoms with Crippen molar-refractivity contribution >= 4 is 35.3 Å². The van der Waals surface area contributed by atoms with E-state index in [0.717, 1.165) is 17.5 Å². The van der Waals surface area contributed by atoms with Gasteiger partial charge in [0, 0.05) is 21.2 Å². The molecule has 1 N–H and O–H groups in total. The summed E-state index contributed by atoms with van der Waals surface area (Å²) in [5.74, 6) is 0.339. The smallest absolute Gasteiger partial charge is 0.271 e. The van der Waals surface area contributed by atoms with Crippen LogP contribution < -0.4 is 10.2 Å². The normalized spacial score (nSPS) is 10.9. The number of aryl methyl sites for hydroxylation is 1. The fraction of sp³-hybridized carbons (Fsp3) is 0.130. The lowest BCUT2D eigenvalue weighted by atomic mass is 10.1. The van der Waals surface area contributed by atoms with E-state index in [4.69, 9.17) is 27.9 Å². The lowest BCUT2D eigenvalue weighted by Gasteiger charge is -2.08. The fourth-order valence-corrected chi connectivity index (χ4v) is 3.03. The second-order valence-electron chi connectivity index (χ2n) is 6.34. The number of hydrogen-bond acceptors (Lipinski definition) is 3. The molecule has 0 heterocycles. The molecule has 0 bridgehead atoms. The molecule has 0 aliphatic carbocycles. The molecule has 0 unspecified atom stereocenters. The van der Waals surface area contributed by atoms with E-state index in [9.17, 15) is 4.79 Å². The van der Waals surface area contributed by atoms with Crippen molar-refractivity contribution in [2.45, 2.75) is 20.0 Å². The summed E-state index contributed by atoms with van der Waals surface area (Å²) in [7, 11) is 0. The summed E-state index contributed by atoms with van der Waals surface area (Å²) in [4.78, 5) is 12.2. The molecule has 3 aromatic rings. The third-order valence-corrected chi connectivity index (χ3v) is 4.88. The van der Waals surface area contributed by atoms with Gasteiger partial charge in [-0.25, -0.2) is 5.43 Å². The Morgan fingerprint density at radius 2 is 1.76 bits per heavy atom. The minimum absolute atomic E-state index is 0.293. The first-order chi connectivity index (χ1) is 14.0. The van der Waals surface area contributed by atoms with Crippen LogP contribution in [0, 0.1) is 0 Å². The summed E-state index contributed by atoms with van der Waals surface area (Å²) < 4.78 is 5.72. The first kappa shape index (κ1) is 20.9. The molecular weight excluding hydrogens is 407 g/mol.